The maximum absolute atomic E-state index is 13.1. The molecule has 1 aromatic heterocycles. The Hall–Kier alpha value is -4.13. The smallest absolute Gasteiger partial charge is 0.295 e. The molecule has 7 nitrogen and oxygen atoms in total. The first-order valence-electron chi connectivity index (χ1n) is 9.99. The quantitative estimate of drug-likeness (QED) is 0.364. The Labute approximate surface area is 185 Å². The number of hydrogen-bond donors (Lipinski definition) is 1. The van der Waals surface area contributed by atoms with Crippen molar-refractivity contribution in [2.24, 2.45) is 0 Å². The molecule has 1 aliphatic rings. The topological polar surface area (TPSA) is 89.0 Å². The first kappa shape index (κ1) is 21.1. The number of aromatic nitrogens is 1. The Balaban J connectivity index is 1.86. The highest BCUT2D eigenvalue weighted by molar-refractivity contribution is 6.46. The molecule has 2 aromatic carbocycles. The number of likely N-dealkylation sites (tertiary alicyclic amines) is 1. The summed E-state index contributed by atoms with van der Waals surface area (Å²) in [4.78, 5) is 31.7. The number of ketones is 1. The average Bonchev–Trinajstić information content (AvgIpc) is 3.09. The van der Waals surface area contributed by atoms with Crippen LogP contribution in [0.15, 0.2) is 78.6 Å². The van der Waals surface area contributed by atoms with Gasteiger partial charge in [-0.15, -0.1) is 0 Å². The molecule has 162 valence electrons. The minimum atomic E-state index is -0.783. The van der Waals surface area contributed by atoms with E-state index < -0.39 is 17.7 Å². The molecular formula is C25H22N2O5. The minimum Gasteiger partial charge on any atom is -0.507 e. The summed E-state index contributed by atoms with van der Waals surface area (Å²) in [6.45, 7) is 0.135. The predicted octanol–water partition coefficient (Wildman–Crippen LogP) is 3.72. The van der Waals surface area contributed by atoms with Crippen LogP contribution in [0.2, 0.25) is 0 Å². The molecule has 0 aliphatic carbocycles. The fraction of sp³-hybridized carbons (Fsp3) is 0.160. The lowest BCUT2D eigenvalue weighted by Crippen LogP contribution is -2.29. The number of pyridine rings is 1. The van der Waals surface area contributed by atoms with Crippen molar-refractivity contribution in [3.05, 3.63) is 95.3 Å². The number of aliphatic hydroxyl groups is 1. The molecule has 1 atom stereocenters. The standard InChI is InChI=1S/C25H22N2O5/c1-31-19-8-5-7-17(14-19)23(28)21-22(16-10-12-26-13-11-16)27(25(30)24(21)29)15-18-6-3-4-9-20(18)32-2/h3-14,22,28H,15H2,1-2H3/b23-21-. The van der Waals surface area contributed by atoms with Gasteiger partial charge in [-0.2, -0.15) is 0 Å². The number of methoxy groups -OCH3 is 2. The van der Waals surface area contributed by atoms with Gasteiger partial charge in [-0.05, 0) is 35.9 Å². The summed E-state index contributed by atoms with van der Waals surface area (Å²) in [6, 6.07) is 16.7. The molecule has 1 N–H and O–H groups in total. The number of Topliss-reactive ketones (excluding diaryl/α,β-unsaturated/α-hetero) is 1. The third kappa shape index (κ3) is 3.80. The van der Waals surface area contributed by atoms with Crippen LogP contribution in [0.5, 0.6) is 11.5 Å². The van der Waals surface area contributed by atoms with Crippen molar-refractivity contribution in [2.45, 2.75) is 12.6 Å². The molecule has 0 bridgehead atoms. The van der Waals surface area contributed by atoms with Crippen LogP contribution < -0.4 is 9.47 Å². The molecule has 32 heavy (non-hydrogen) atoms. The summed E-state index contributed by atoms with van der Waals surface area (Å²) in [7, 11) is 3.07. The van der Waals surface area contributed by atoms with Crippen LogP contribution in [0.25, 0.3) is 5.76 Å². The summed E-state index contributed by atoms with van der Waals surface area (Å²) < 4.78 is 10.7. The molecule has 0 saturated carbocycles. The Morgan fingerprint density at radius 1 is 1.00 bits per heavy atom. The Kier molecular flexibility index (Phi) is 5.89. The van der Waals surface area contributed by atoms with Gasteiger partial charge in [0.05, 0.1) is 32.4 Å². The van der Waals surface area contributed by atoms with Gasteiger partial charge >= 0.3 is 0 Å². The lowest BCUT2D eigenvalue weighted by molar-refractivity contribution is -0.140. The van der Waals surface area contributed by atoms with E-state index in [0.717, 1.165) is 5.56 Å². The van der Waals surface area contributed by atoms with Gasteiger partial charge in [0, 0.05) is 23.5 Å². The molecule has 7 heteroatoms. The van der Waals surface area contributed by atoms with E-state index in [2.05, 4.69) is 4.98 Å². The van der Waals surface area contributed by atoms with Gasteiger partial charge in [-0.3, -0.25) is 14.6 Å². The average molecular weight is 430 g/mol. The number of amides is 1. The second-order valence-electron chi connectivity index (χ2n) is 7.25. The maximum Gasteiger partial charge on any atom is 0.295 e. The zero-order valence-electron chi connectivity index (χ0n) is 17.7. The number of ether oxygens (including phenoxy) is 2. The SMILES string of the molecule is COc1cccc(/C(O)=C2/C(=O)C(=O)N(Cc3ccccc3OC)C2c2ccncc2)c1. The number of nitrogens with zero attached hydrogens (tertiary/aromatic N) is 2. The van der Waals surface area contributed by atoms with Crippen LogP contribution in [0, 0.1) is 0 Å². The van der Waals surface area contributed by atoms with E-state index in [-0.39, 0.29) is 17.9 Å². The highest BCUT2D eigenvalue weighted by Gasteiger charge is 2.46. The van der Waals surface area contributed by atoms with Crippen LogP contribution in [0.1, 0.15) is 22.7 Å². The predicted molar refractivity (Wildman–Crippen MR) is 118 cm³/mol. The number of para-hydroxylation sites is 1. The zero-order valence-corrected chi connectivity index (χ0v) is 17.7. The first-order chi connectivity index (χ1) is 15.5. The highest BCUT2D eigenvalue weighted by Crippen LogP contribution is 2.41. The molecule has 4 rings (SSSR count). The molecule has 1 fully saturated rings. The summed E-state index contributed by atoms with van der Waals surface area (Å²) in [5.74, 6) is -0.566. The van der Waals surface area contributed by atoms with Crippen LogP contribution in [-0.4, -0.2) is 40.9 Å². The number of benzene rings is 2. The number of rotatable bonds is 6. The van der Waals surface area contributed by atoms with Gasteiger partial charge in [-0.25, -0.2) is 0 Å². The largest absolute Gasteiger partial charge is 0.507 e. The molecule has 0 spiro atoms. The zero-order chi connectivity index (χ0) is 22.7. The molecule has 1 amide bonds. The van der Waals surface area contributed by atoms with Crippen LogP contribution in [0.3, 0.4) is 0 Å². The van der Waals surface area contributed by atoms with E-state index in [0.29, 0.717) is 22.6 Å². The maximum atomic E-state index is 13.1. The van der Waals surface area contributed by atoms with Gasteiger partial charge in [-0.1, -0.05) is 30.3 Å². The second kappa shape index (κ2) is 8.93. The Morgan fingerprint density at radius 3 is 2.47 bits per heavy atom. The Bertz CT molecular complexity index is 1190. The third-order valence-corrected chi connectivity index (χ3v) is 5.44. The van der Waals surface area contributed by atoms with Crippen LogP contribution in [0.4, 0.5) is 0 Å². The lowest BCUT2D eigenvalue weighted by atomic mass is 9.95. The van der Waals surface area contributed by atoms with Gasteiger partial charge in [0.1, 0.15) is 17.3 Å². The molecule has 0 radical (unpaired) electrons. The van der Waals surface area contributed by atoms with Gasteiger partial charge in [0.25, 0.3) is 11.7 Å². The normalized spacial score (nSPS) is 17.4. The van der Waals surface area contributed by atoms with E-state index in [9.17, 15) is 14.7 Å². The fourth-order valence-corrected chi connectivity index (χ4v) is 3.88. The van der Waals surface area contributed by atoms with E-state index in [1.807, 2.05) is 18.2 Å². The minimum absolute atomic E-state index is 0.0179. The van der Waals surface area contributed by atoms with Crippen molar-refractivity contribution in [2.75, 3.05) is 14.2 Å². The van der Waals surface area contributed by atoms with Crippen molar-refractivity contribution in [1.82, 2.24) is 9.88 Å². The van der Waals surface area contributed by atoms with Gasteiger partial charge in [0.15, 0.2) is 0 Å². The fourth-order valence-electron chi connectivity index (χ4n) is 3.88. The third-order valence-electron chi connectivity index (χ3n) is 5.44. The van der Waals surface area contributed by atoms with E-state index >= 15 is 0 Å². The molecule has 2 heterocycles. The highest BCUT2D eigenvalue weighted by atomic mass is 16.5. The molecule has 3 aromatic rings. The van der Waals surface area contributed by atoms with Crippen LogP contribution >= 0.6 is 0 Å². The van der Waals surface area contributed by atoms with Crippen molar-refractivity contribution >= 4 is 17.4 Å². The lowest BCUT2D eigenvalue weighted by Gasteiger charge is -2.26. The van der Waals surface area contributed by atoms with Crippen molar-refractivity contribution in [3.8, 4) is 11.5 Å². The van der Waals surface area contributed by atoms with E-state index in [1.165, 1.54) is 12.0 Å². The summed E-state index contributed by atoms with van der Waals surface area (Å²) in [5.41, 5.74) is 1.82. The summed E-state index contributed by atoms with van der Waals surface area (Å²) in [6.07, 6.45) is 3.17. The van der Waals surface area contributed by atoms with Crippen LogP contribution in [-0.2, 0) is 16.1 Å². The van der Waals surface area contributed by atoms with Gasteiger partial charge in [0.2, 0.25) is 0 Å². The molecule has 1 saturated heterocycles. The van der Waals surface area contributed by atoms with Crippen molar-refractivity contribution in [3.63, 3.8) is 0 Å². The number of hydrogen-bond acceptors (Lipinski definition) is 6. The molecule has 1 unspecified atom stereocenters. The number of carbonyl (C=O) groups excluding carboxylic acids is 2. The second-order valence-corrected chi connectivity index (χ2v) is 7.25. The first-order valence-corrected chi connectivity index (χ1v) is 9.99. The number of aliphatic hydroxyl groups excluding tert-OH is 1. The number of carbonyl (C=O) groups is 2. The van der Waals surface area contributed by atoms with Crippen molar-refractivity contribution < 1.29 is 24.2 Å². The molecular weight excluding hydrogens is 408 g/mol. The van der Waals surface area contributed by atoms with Gasteiger partial charge < -0.3 is 19.5 Å². The Morgan fingerprint density at radius 2 is 1.75 bits per heavy atom. The summed E-state index contributed by atoms with van der Waals surface area (Å²) in [5, 5.41) is 11.1. The molecule has 1 aliphatic heterocycles. The summed E-state index contributed by atoms with van der Waals surface area (Å²) >= 11 is 0. The van der Waals surface area contributed by atoms with E-state index in [4.69, 9.17) is 9.47 Å². The van der Waals surface area contributed by atoms with Crippen molar-refractivity contribution in [1.29, 1.82) is 0 Å². The monoisotopic (exact) mass is 430 g/mol. The van der Waals surface area contributed by atoms with E-state index in [1.54, 1.807) is 62.0 Å².